The summed E-state index contributed by atoms with van der Waals surface area (Å²) >= 11 is 0. The lowest BCUT2D eigenvalue weighted by Crippen LogP contribution is -2.53. The van der Waals surface area contributed by atoms with Crippen LogP contribution in [-0.2, 0) is 9.47 Å². The van der Waals surface area contributed by atoms with E-state index in [2.05, 4.69) is 30.6 Å². The van der Waals surface area contributed by atoms with Crippen molar-refractivity contribution in [3.63, 3.8) is 0 Å². The van der Waals surface area contributed by atoms with Gasteiger partial charge in [0.15, 0.2) is 0 Å². The van der Waals surface area contributed by atoms with Gasteiger partial charge in [-0.1, -0.05) is 0 Å². The Morgan fingerprint density at radius 1 is 0.941 bits per heavy atom. The zero-order valence-corrected chi connectivity index (χ0v) is 11.9. The molecule has 1 aliphatic rings. The SMILES string of the molecule is COCCOCCN1CCN(C(C)(C)C)CC1. The average Bonchev–Trinajstić information content (AvgIpc) is 2.28. The Morgan fingerprint density at radius 3 is 2.12 bits per heavy atom. The summed E-state index contributed by atoms with van der Waals surface area (Å²) in [6.45, 7) is 14.8. The van der Waals surface area contributed by atoms with Crippen LogP contribution in [0.2, 0.25) is 0 Å². The van der Waals surface area contributed by atoms with Crippen molar-refractivity contribution in [2.45, 2.75) is 26.3 Å². The van der Waals surface area contributed by atoms with Crippen LogP contribution in [0.5, 0.6) is 0 Å². The second-order valence-electron chi connectivity index (χ2n) is 5.60. The topological polar surface area (TPSA) is 24.9 Å². The monoisotopic (exact) mass is 244 g/mol. The van der Waals surface area contributed by atoms with Crippen LogP contribution in [-0.4, -0.2) is 75.0 Å². The van der Waals surface area contributed by atoms with E-state index in [-0.39, 0.29) is 0 Å². The zero-order chi connectivity index (χ0) is 12.7. The summed E-state index contributed by atoms with van der Waals surface area (Å²) in [5.74, 6) is 0. The predicted molar refractivity (Wildman–Crippen MR) is 70.5 cm³/mol. The van der Waals surface area contributed by atoms with Gasteiger partial charge in [-0.2, -0.15) is 0 Å². The maximum absolute atomic E-state index is 5.49. The Bertz CT molecular complexity index is 196. The molecule has 0 saturated carbocycles. The van der Waals surface area contributed by atoms with Crippen LogP contribution in [0.25, 0.3) is 0 Å². The van der Waals surface area contributed by atoms with Crippen molar-refractivity contribution in [3.8, 4) is 0 Å². The maximum Gasteiger partial charge on any atom is 0.0700 e. The molecule has 0 aromatic heterocycles. The van der Waals surface area contributed by atoms with Crippen LogP contribution < -0.4 is 0 Å². The first kappa shape index (κ1) is 14.9. The highest BCUT2D eigenvalue weighted by Crippen LogP contribution is 2.15. The van der Waals surface area contributed by atoms with Crippen LogP contribution in [0.15, 0.2) is 0 Å². The standard InChI is InChI=1S/C13H28N2O2/c1-13(2,3)15-7-5-14(6-8-15)9-10-17-12-11-16-4/h5-12H2,1-4H3. The third-order valence-electron chi connectivity index (χ3n) is 3.30. The van der Waals surface area contributed by atoms with Gasteiger partial charge in [0.05, 0.1) is 19.8 Å². The lowest BCUT2D eigenvalue weighted by atomic mass is 10.1. The van der Waals surface area contributed by atoms with Crippen molar-refractivity contribution in [3.05, 3.63) is 0 Å². The molecular weight excluding hydrogens is 216 g/mol. The molecule has 1 fully saturated rings. The zero-order valence-electron chi connectivity index (χ0n) is 11.9. The second kappa shape index (κ2) is 7.31. The number of hydrogen-bond donors (Lipinski definition) is 0. The van der Waals surface area contributed by atoms with Crippen LogP contribution in [0.3, 0.4) is 0 Å². The molecule has 0 amide bonds. The van der Waals surface area contributed by atoms with Crippen LogP contribution in [0.4, 0.5) is 0 Å². The molecule has 0 aromatic carbocycles. The van der Waals surface area contributed by atoms with Crippen molar-refractivity contribution in [1.29, 1.82) is 0 Å². The summed E-state index contributed by atoms with van der Waals surface area (Å²) in [4.78, 5) is 5.03. The summed E-state index contributed by atoms with van der Waals surface area (Å²) < 4.78 is 10.4. The van der Waals surface area contributed by atoms with E-state index in [9.17, 15) is 0 Å². The first-order valence-electron chi connectivity index (χ1n) is 6.58. The lowest BCUT2D eigenvalue weighted by molar-refractivity contribution is 0.0293. The van der Waals surface area contributed by atoms with Gasteiger partial charge in [-0.25, -0.2) is 0 Å². The van der Waals surface area contributed by atoms with E-state index in [4.69, 9.17) is 9.47 Å². The van der Waals surface area contributed by atoms with Gasteiger partial charge in [0.2, 0.25) is 0 Å². The number of methoxy groups -OCH3 is 1. The smallest absolute Gasteiger partial charge is 0.0700 e. The van der Waals surface area contributed by atoms with Crippen LogP contribution in [0, 0.1) is 0 Å². The second-order valence-corrected chi connectivity index (χ2v) is 5.60. The number of piperazine rings is 1. The van der Waals surface area contributed by atoms with E-state index in [1.165, 1.54) is 13.1 Å². The Balaban J connectivity index is 2.07. The molecule has 0 spiro atoms. The minimum atomic E-state index is 0.307. The predicted octanol–water partition coefficient (Wildman–Crippen LogP) is 1.07. The van der Waals surface area contributed by atoms with Gasteiger partial charge in [-0.05, 0) is 20.8 Å². The van der Waals surface area contributed by atoms with Crippen molar-refractivity contribution in [2.75, 3.05) is 59.7 Å². The summed E-state index contributed by atoms with van der Waals surface area (Å²) in [6, 6.07) is 0. The van der Waals surface area contributed by atoms with E-state index in [0.29, 0.717) is 18.8 Å². The van der Waals surface area contributed by atoms with Crippen molar-refractivity contribution in [1.82, 2.24) is 9.80 Å². The van der Waals surface area contributed by atoms with Crippen LogP contribution >= 0.6 is 0 Å². The van der Waals surface area contributed by atoms with Crippen molar-refractivity contribution < 1.29 is 9.47 Å². The molecule has 4 nitrogen and oxygen atoms in total. The van der Waals surface area contributed by atoms with Gasteiger partial charge in [0, 0.05) is 45.4 Å². The molecular formula is C13H28N2O2. The third kappa shape index (κ3) is 5.82. The number of nitrogens with zero attached hydrogens (tertiary/aromatic N) is 2. The minimum Gasteiger partial charge on any atom is -0.382 e. The first-order valence-corrected chi connectivity index (χ1v) is 6.58. The van der Waals surface area contributed by atoms with Crippen molar-refractivity contribution in [2.24, 2.45) is 0 Å². The molecule has 1 heterocycles. The van der Waals surface area contributed by atoms with Gasteiger partial charge in [0.25, 0.3) is 0 Å². The third-order valence-corrected chi connectivity index (χ3v) is 3.30. The summed E-state index contributed by atoms with van der Waals surface area (Å²) in [7, 11) is 1.70. The maximum atomic E-state index is 5.49. The molecule has 0 atom stereocenters. The summed E-state index contributed by atoms with van der Waals surface area (Å²) in [6.07, 6.45) is 0. The highest BCUT2D eigenvalue weighted by molar-refractivity contribution is 4.81. The highest BCUT2D eigenvalue weighted by atomic mass is 16.5. The van der Waals surface area contributed by atoms with E-state index >= 15 is 0 Å². The van der Waals surface area contributed by atoms with E-state index in [1.807, 2.05) is 0 Å². The molecule has 0 N–H and O–H groups in total. The number of hydrogen-bond acceptors (Lipinski definition) is 4. The average molecular weight is 244 g/mol. The quantitative estimate of drug-likeness (QED) is 0.653. The highest BCUT2D eigenvalue weighted by Gasteiger charge is 2.25. The van der Waals surface area contributed by atoms with Crippen molar-refractivity contribution >= 4 is 0 Å². The van der Waals surface area contributed by atoms with Gasteiger partial charge in [-0.3, -0.25) is 9.80 Å². The van der Waals surface area contributed by atoms with Gasteiger partial charge >= 0.3 is 0 Å². The first-order chi connectivity index (χ1) is 8.04. The minimum absolute atomic E-state index is 0.307. The largest absolute Gasteiger partial charge is 0.382 e. The molecule has 1 aliphatic heterocycles. The van der Waals surface area contributed by atoms with E-state index < -0.39 is 0 Å². The number of rotatable bonds is 6. The van der Waals surface area contributed by atoms with E-state index in [0.717, 1.165) is 26.2 Å². The molecule has 0 bridgehead atoms. The molecule has 0 unspecified atom stereocenters. The summed E-state index contributed by atoms with van der Waals surface area (Å²) in [5.41, 5.74) is 0.307. The molecule has 102 valence electrons. The lowest BCUT2D eigenvalue weighted by Gasteiger charge is -2.42. The fourth-order valence-corrected chi connectivity index (χ4v) is 2.08. The fraction of sp³-hybridized carbons (Fsp3) is 1.00. The summed E-state index contributed by atoms with van der Waals surface area (Å²) in [5, 5.41) is 0. The van der Waals surface area contributed by atoms with E-state index in [1.54, 1.807) is 7.11 Å². The van der Waals surface area contributed by atoms with Gasteiger partial charge in [-0.15, -0.1) is 0 Å². The Hall–Kier alpha value is -0.160. The number of ether oxygens (including phenoxy) is 2. The molecule has 17 heavy (non-hydrogen) atoms. The molecule has 0 aliphatic carbocycles. The Morgan fingerprint density at radius 2 is 1.59 bits per heavy atom. The van der Waals surface area contributed by atoms with Gasteiger partial charge < -0.3 is 9.47 Å². The molecule has 1 rings (SSSR count). The molecule has 4 heteroatoms. The van der Waals surface area contributed by atoms with Crippen LogP contribution in [0.1, 0.15) is 20.8 Å². The fourth-order valence-electron chi connectivity index (χ4n) is 2.08. The molecule has 1 saturated heterocycles. The normalized spacial score (nSPS) is 19.8. The Kier molecular flexibility index (Phi) is 6.41. The Labute approximate surface area is 106 Å². The molecule has 0 radical (unpaired) electrons. The van der Waals surface area contributed by atoms with Gasteiger partial charge in [0.1, 0.15) is 0 Å². The molecule has 0 aromatic rings.